The molecule has 0 aliphatic heterocycles. The summed E-state index contributed by atoms with van der Waals surface area (Å²) in [4.78, 5) is 2.28. The normalized spacial score (nSPS) is 11.7. The van der Waals surface area contributed by atoms with Crippen LogP contribution in [0.25, 0.3) is 0 Å². The molecule has 0 aliphatic carbocycles. The van der Waals surface area contributed by atoms with Crippen molar-refractivity contribution in [3.05, 3.63) is 18.0 Å². The molecule has 0 spiro atoms. The molecule has 1 heterocycles. The first-order valence-corrected chi connectivity index (χ1v) is 7.62. The number of aromatic nitrogens is 2. The standard InChI is InChI=1S/C15H29N3O/c1-4-7-9-17(11-12-19)13-14-8-10-18(16-14)15(5-2)6-3/h8,10,15,19H,4-7,9,11-13H2,1-3H3. The largest absolute Gasteiger partial charge is 0.395 e. The molecule has 0 bridgehead atoms. The van der Waals surface area contributed by atoms with Gasteiger partial charge in [0.2, 0.25) is 0 Å². The van der Waals surface area contributed by atoms with Crippen LogP contribution in [0.2, 0.25) is 0 Å². The molecule has 4 nitrogen and oxygen atoms in total. The van der Waals surface area contributed by atoms with Crippen LogP contribution in [-0.4, -0.2) is 39.5 Å². The summed E-state index contributed by atoms with van der Waals surface area (Å²) < 4.78 is 2.09. The summed E-state index contributed by atoms with van der Waals surface area (Å²) in [6.45, 7) is 9.43. The third kappa shape index (κ3) is 5.33. The Hall–Kier alpha value is -0.870. The van der Waals surface area contributed by atoms with Crippen molar-refractivity contribution in [3.8, 4) is 0 Å². The smallest absolute Gasteiger partial charge is 0.0764 e. The van der Waals surface area contributed by atoms with Gasteiger partial charge in [-0.05, 0) is 31.9 Å². The summed E-state index contributed by atoms with van der Waals surface area (Å²) in [5.74, 6) is 0. The number of aliphatic hydroxyl groups excluding tert-OH is 1. The minimum absolute atomic E-state index is 0.219. The van der Waals surface area contributed by atoms with Gasteiger partial charge in [-0.15, -0.1) is 0 Å². The number of nitrogens with zero attached hydrogens (tertiary/aromatic N) is 3. The fraction of sp³-hybridized carbons (Fsp3) is 0.800. The fourth-order valence-corrected chi connectivity index (χ4v) is 2.35. The summed E-state index contributed by atoms with van der Waals surface area (Å²) in [6.07, 6.45) is 6.68. The van der Waals surface area contributed by atoms with Gasteiger partial charge in [0.05, 0.1) is 18.3 Å². The molecular formula is C15H29N3O. The van der Waals surface area contributed by atoms with Crippen LogP contribution in [0, 0.1) is 0 Å². The van der Waals surface area contributed by atoms with E-state index in [9.17, 15) is 0 Å². The molecule has 0 unspecified atom stereocenters. The molecule has 0 fully saturated rings. The highest BCUT2D eigenvalue weighted by Crippen LogP contribution is 2.15. The highest BCUT2D eigenvalue weighted by molar-refractivity contribution is 4.99. The maximum Gasteiger partial charge on any atom is 0.0764 e. The molecule has 0 aliphatic rings. The monoisotopic (exact) mass is 267 g/mol. The zero-order chi connectivity index (χ0) is 14.1. The summed E-state index contributed by atoms with van der Waals surface area (Å²) in [5, 5.41) is 13.8. The number of unbranched alkanes of at least 4 members (excludes halogenated alkanes) is 1. The quantitative estimate of drug-likeness (QED) is 0.708. The molecule has 1 aromatic rings. The molecular weight excluding hydrogens is 238 g/mol. The van der Waals surface area contributed by atoms with Crippen LogP contribution in [0.5, 0.6) is 0 Å². The number of hydrogen-bond acceptors (Lipinski definition) is 3. The van der Waals surface area contributed by atoms with E-state index in [0.29, 0.717) is 6.04 Å². The fourth-order valence-electron chi connectivity index (χ4n) is 2.35. The Morgan fingerprint density at radius 3 is 2.58 bits per heavy atom. The first-order valence-electron chi connectivity index (χ1n) is 7.62. The van der Waals surface area contributed by atoms with E-state index in [2.05, 4.69) is 47.7 Å². The molecule has 0 amide bonds. The van der Waals surface area contributed by atoms with Gasteiger partial charge in [-0.1, -0.05) is 27.2 Å². The molecule has 4 heteroatoms. The van der Waals surface area contributed by atoms with Crippen molar-refractivity contribution in [1.29, 1.82) is 0 Å². The Bertz CT molecular complexity index is 334. The van der Waals surface area contributed by atoms with E-state index < -0.39 is 0 Å². The second-order valence-corrected chi connectivity index (χ2v) is 5.11. The van der Waals surface area contributed by atoms with Crippen molar-refractivity contribution in [2.75, 3.05) is 19.7 Å². The molecule has 110 valence electrons. The van der Waals surface area contributed by atoms with Gasteiger partial charge in [-0.2, -0.15) is 5.10 Å². The van der Waals surface area contributed by atoms with Crippen molar-refractivity contribution >= 4 is 0 Å². The zero-order valence-corrected chi connectivity index (χ0v) is 12.7. The minimum atomic E-state index is 0.219. The third-order valence-electron chi connectivity index (χ3n) is 3.61. The van der Waals surface area contributed by atoms with Crippen LogP contribution in [0.15, 0.2) is 12.3 Å². The second kappa shape index (κ2) is 9.10. The average molecular weight is 267 g/mol. The van der Waals surface area contributed by atoms with Gasteiger partial charge >= 0.3 is 0 Å². The predicted octanol–water partition coefficient (Wildman–Crippen LogP) is 2.84. The lowest BCUT2D eigenvalue weighted by Crippen LogP contribution is -2.27. The van der Waals surface area contributed by atoms with Crippen molar-refractivity contribution in [2.24, 2.45) is 0 Å². The molecule has 0 aromatic carbocycles. The third-order valence-corrected chi connectivity index (χ3v) is 3.61. The highest BCUT2D eigenvalue weighted by atomic mass is 16.3. The summed E-state index contributed by atoms with van der Waals surface area (Å²) in [5.41, 5.74) is 1.11. The maximum atomic E-state index is 9.12. The molecule has 0 radical (unpaired) electrons. The Morgan fingerprint density at radius 1 is 1.26 bits per heavy atom. The van der Waals surface area contributed by atoms with Crippen LogP contribution < -0.4 is 0 Å². The van der Waals surface area contributed by atoms with E-state index in [1.807, 2.05) is 0 Å². The van der Waals surface area contributed by atoms with Crippen molar-refractivity contribution in [1.82, 2.24) is 14.7 Å². The maximum absolute atomic E-state index is 9.12. The highest BCUT2D eigenvalue weighted by Gasteiger charge is 2.10. The van der Waals surface area contributed by atoms with Crippen molar-refractivity contribution in [2.45, 2.75) is 59.0 Å². The van der Waals surface area contributed by atoms with Gasteiger partial charge < -0.3 is 5.11 Å². The van der Waals surface area contributed by atoms with E-state index >= 15 is 0 Å². The van der Waals surface area contributed by atoms with Gasteiger partial charge in [0.15, 0.2) is 0 Å². The van der Waals surface area contributed by atoms with E-state index in [-0.39, 0.29) is 6.61 Å². The first kappa shape index (κ1) is 16.2. The summed E-state index contributed by atoms with van der Waals surface area (Å²) >= 11 is 0. The van der Waals surface area contributed by atoms with Gasteiger partial charge in [0.1, 0.15) is 0 Å². The molecule has 0 saturated heterocycles. The van der Waals surface area contributed by atoms with Crippen LogP contribution >= 0.6 is 0 Å². The lowest BCUT2D eigenvalue weighted by atomic mass is 10.2. The van der Waals surface area contributed by atoms with Gasteiger partial charge in [0.25, 0.3) is 0 Å². The molecule has 19 heavy (non-hydrogen) atoms. The van der Waals surface area contributed by atoms with Gasteiger partial charge in [0, 0.05) is 19.3 Å². The second-order valence-electron chi connectivity index (χ2n) is 5.11. The van der Waals surface area contributed by atoms with E-state index in [4.69, 9.17) is 5.11 Å². The Morgan fingerprint density at radius 2 is 2.00 bits per heavy atom. The van der Waals surface area contributed by atoms with Gasteiger partial charge in [-0.3, -0.25) is 9.58 Å². The van der Waals surface area contributed by atoms with Crippen LogP contribution in [-0.2, 0) is 6.54 Å². The van der Waals surface area contributed by atoms with E-state index in [1.165, 1.54) is 12.8 Å². The SMILES string of the molecule is CCCCN(CCO)Cc1ccn(C(CC)CC)n1. The lowest BCUT2D eigenvalue weighted by molar-refractivity contribution is 0.186. The number of aliphatic hydroxyl groups is 1. The molecule has 0 atom stereocenters. The van der Waals surface area contributed by atoms with E-state index in [1.54, 1.807) is 0 Å². The Kier molecular flexibility index (Phi) is 7.75. The molecule has 0 saturated carbocycles. The van der Waals surface area contributed by atoms with E-state index in [0.717, 1.165) is 38.2 Å². The van der Waals surface area contributed by atoms with Crippen LogP contribution in [0.4, 0.5) is 0 Å². The van der Waals surface area contributed by atoms with Crippen molar-refractivity contribution in [3.63, 3.8) is 0 Å². The van der Waals surface area contributed by atoms with Gasteiger partial charge in [-0.25, -0.2) is 0 Å². The molecule has 1 aromatic heterocycles. The Balaban J connectivity index is 2.58. The topological polar surface area (TPSA) is 41.3 Å². The summed E-state index contributed by atoms with van der Waals surface area (Å²) in [7, 11) is 0. The minimum Gasteiger partial charge on any atom is -0.395 e. The average Bonchev–Trinajstić information content (AvgIpc) is 2.86. The summed E-state index contributed by atoms with van der Waals surface area (Å²) in [6, 6.07) is 2.62. The predicted molar refractivity (Wildman–Crippen MR) is 79.1 cm³/mol. The number of rotatable bonds is 10. The first-order chi connectivity index (χ1) is 9.24. The Labute approximate surface area is 117 Å². The molecule has 1 rings (SSSR count). The lowest BCUT2D eigenvalue weighted by Gasteiger charge is -2.20. The number of hydrogen-bond donors (Lipinski definition) is 1. The van der Waals surface area contributed by atoms with Crippen LogP contribution in [0.1, 0.15) is 58.2 Å². The van der Waals surface area contributed by atoms with Crippen molar-refractivity contribution < 1.29 is 5.11 Å². The molecule has 1 N–H and O–H groups in total. The zero-order valence-electron chi connectivity index (χ0n) is 12.7. The van der Waals surface area contributed by atoms with Crippen LogP contribution in [0.3, 0.4) is 0 Å².